The van der Waals surface area contributed by atoms with E-state index < -0.39 is 5.97 Å². The Morgan fingerprint density at radius 3 is 2.35 bits per heavy atom. The van der Waals surface area contributed by atoms with Crippen LogP contribution in [0.4, 0.5) is 4.39 Å². The van der Waals surface area contributed by atoms with E-state index in [0.717, 1.165) is 5.56 Å². The molecule has 0 atom stereocenters. The molecule has 0 unspecified atom stereocenters. The summed E-state index contributed by atoms with van der Waals surface area (Å²) in [7, 11) is 3.08. The molecule has 0 aliphatic carbocycles. The number of aliphatic carboxylic acids is 1. The molecule has 134 valence electrons. The minimum absolute atomic E-state index is 0.266. The van der Waals surface area contributed by atoms with Gasteiger partial charge in [-0.2, -0.15) is 0 Å². The number of thiazole rings is 1. The van der Waals surface area contributed by atoms with E-state index in [1.807, 2.05) is 6.07 Å². The molecule has 0 bridgehead atoms. The standard InChI is InChI=1S/C19H16FNO4S/c1-24-14-8-5-12(9-15(14)25-2)19-21-18(16(26-19)10-17(22)23)11-3-6-13(20)7-4-11/h3-9H,10H2,1-2H3,(H,22,23)/p-1. The van der Waals surface area contributed by atoms with Crippen LogP contribution in [-0.2, 0) is 11.2 Å². The molecular formula is C19H15FNO4S-. The normalized spacial score (nSPS) is 10.6. The number of hydrogen-bond donors (Lipinski definition) is 0. The lowest BCUT2D eigenvalue weighted by Crippen LogP contribution is -2.24. The number of carbonyl (C=O) groups excluding carboxylic acids is 1. The fourth-order valence-corrected chi connectivity index (χ4v) is 3.59. The molecule has 0 N–H and O–H groups in total. The van der Waals surface area contributed by atoms with Crippen molar-refractivity contribution in [3.8, 4) is 33.3 Å². The summed E-state index contributed by atoms with van der Waals surface area (Å²) in [4.78, 5) is 16.2. The van der Waals surface area contributed by atoms with E-state index >= 15 is 0 Å². The number of methoxy groups -OCH3 is 2. The van der Waals surface area contributed by atoms with Crippen molar-refractivity contribution in [3.63, 3.8) is 0 Å². The number of benzene rings is 2. The van der Waals surface area contributed by atoms with Crippen molar-refractivity contribution < 1.29 is 23.8 Å². The number of aromatic nitrogens is 1. The summed E-state index contributed by atoms with van der Waals surface area (Å²) in [6.45, 7) is 0. The van der Waals surface area contributed by atoms with Crippen molar-refractivity contribution in [2.75, 3.05) is 14.2 Å². The van der Waals surface area contributed by atoms with Gasteiger partial charge in [-0.15, -0.1) is 11.3 Å². The Hall–Kier alpha value is -2.93. The van der Waals surface area contributed by atoms with Crippen LogP contribution in [0.25, 0.3) is 21.8 Å². The number of rotatable bonds is 6. The fraction of sp³-hybridized carbons (Fsp3) is 0.158. The smallest absolute Gasteiger partial charge is 0.161 e. The zero-order valence-corrected chi connectivity index (χ0v) is 14.9. The molecule has 0 fully saturated rings. The van der Waals surface area contributed by atoms with Crippen LogP contribution in [0.15, 0.2) is 42.5 Å². The predicted octanol–water partition coefficient (Wildman–Crippen LogP) is 2.93. The number of carboxylic acid groups (broad SMARTS) is 1. The van der Waals surface area contributed by atoms with Crippen LogP contribution in [0.1, 0.15) is 4.88 Å². The molecule has 1 heterocycles. The average molecular weight is 372 g/mol. The Kier molecular flexibility index (Phi) is 5.18. The van der Waals surface area contributed by atoms with Gasteiger partial charge in [0.15, 0.2) is 11.5 Å². The van der Waals surface area contributed by atoms with Crippen LogP contribution in [0.2, 0.25) is 0 Å². The number of ether oxygens (including phenoxy) is 2. The largest absolute Gasteiger partial charge is 0.550 e. The first kappa shape index (κ1) is 17.9. The highest BCUT2D eigenvalue weighted by molar-refractivity contribution is 7.15. The quantitative estimate of drug-likeness (QED) is 0.665. The molecule has 0 aliphatic rings. The van der Waals surface area contributed by atoms with Gasteiger partial charge in [-0.1, -0.05) is 0 Å². The highest BCUT2D eigenvalue weighted by Gasteiger charge is 2.16. The number of hydrogen-bond acceptors (Lipinski definition) is 6. The maximum atomic E-state index is 13.2. The van der Waals surface area contributed by atoms with Gasteiger partial charge < -0.3 is 19.4 Å². The third-order valence-corrected chi connectivity index (χ3v) is 4.85. The third kappa shape index (κ3) is 3.67. The minimum Gasteiger partial charge on any atom is -0.550 e. The predicted molar refractivity (Wildman–Crippen MR) is 94.8 cm³/mol. The van der Waals surface area contributed by atoms with Gasteiger partial charge in [-0.3, -0.25) is 0 Å². The molecule has 0 saturated heterocycles. The first-order chi connectivity index (χ1) is 12.5. The summed E-state index contributed by atoms with van der Waals surface area (Å²) < 4.78 is 23.7. The third-order valence-electron chi connectivity index (χ3n) is 3.75. The highest BCUT2D eigenvalue weighted by Crippen LogP contribution is 2.37. The summed E-state index contributed by atoms with van der Waals surface area (Å²) in [5.41, 5.74) is 1.91. The topological polar surface area (TPSA) is 71.5 Å². The molecule has 0 aliphatic heterocycles. The van der Waals surface area contributed by atoms with Crippen molar-refractivity contribution in [1.82, 2.24) is 4.98 Å². The Morgan fingerprint density at radius 1 is 1.08 bits per heavy atom. The van der Waals surface area contributed by atoms with Crippen LogP contribution in [-0.4, -0.2) is 25.2 Å². The van der Waals surface area contributed by atoms with E-state index in [0.29, 0.717) is 32.6 Å². The lowest BCUT2D eigenvalue weighted by atomic mass is 10.1. The van der Waals surface area contributed by atoms with Crippen LogP contribution in [0, 0.1) is 5.82 Å². The Morgan fingerprint density at radius 2 is 1.73 bits per heavy atom. The van der Waals surface area contributed by atoms with Crippen molar-refractivity contribution in [1.29, 1.82) is 0 Å². The van der Waals surface area contributed by atoms with Crippen molar-refractivity contribution >= 4 is 17.3 Å². The zero-order valence-electron chi connectivity index (χ0n) is 14.1. The van der Waals surface area contributed by atoms with Crippen molar-refractivity contribution in [2.24, 2.45) is 0 Å². The average Bonchev–Trinajstić information content (AvgIpc) is 3.04. The molecule has 0 spiro atoms. The van der Waals surface area contributed by atoms with Crippen LogP contribution < -0.4 is 14.6 Å². The number of carbonyl (C=O) groups is 1. The number of carboxylic acids is 1. The molecule has 3 rings (SSSR count). The maximum Gasteiger partial charge on any atom is 0.161 e. The van der Waals surface area contributed by atoms with Crippen LogP contribution >= 0.6 is 11.3 Å². The first-order valence-corrected chi connectivity index (χ1v) is 8.51. The molecule has 26 heavy (non-hydrogen) atoms. The number of nitrogens with zero attached hydrogens (tertiary/aromatic N) is 1. The van der Waals surface area contributed by atoms with Gasteiger partial charge >= 0.3 is 0 Å². The van der Waals surface area contributed by atoms with E-state index in [2.05, 4.69) is 4.98 Å². The van der Waals surface area contributed by atoms with Gasteiger partial charge in [0.1, 0.15) is 10.8 Å². The highest BCUT2D eigenvalue weighted by atomic mass is 32.1. The Labute approximate surface area is 153 Å². The molecule has 5 nitrogen and oxygen atoms in total. The zero-order chi connectivity index (χ0) is 18.7. The van der Waals surface area contributed by atoms with Crippen molar-refractivity contribution in [3.05, 3.63) is 53.2 Å². The molecule has 1 aromatic heterocycles. The van der Waals surface area contributed by atoms with Gasteiger partial charge in [-0.05, 0) is 42.5 Å². The summed E-state index contributed by atoms with van der Waals surface area (Å²) >= 11 is 1.25. The summed E-state index contributed by atoms with van der Waals surface area (Å²) in [5.74, 6) is -0.437. The second-order valence-electron chi connectivity index (χ2n) is 5.42. The first-order valence-electron chi connectivity index (χ1n) is 7.69. The van der Waals surface area contributed by atoms with E-state index in [9.17, 15) is 14.3 Å². The van der Waals surface area contributed by atoms with Gasteiger partial charge in [0.25, 0.3) is 0 Å². The molecular weight excluding hydrogens is 357 g/mol. The minimum atomic E-state index is -1.20. The maximum absolute atomic E-state index is 13.2. The summed E-state index contributed by atoms with van der Waals surface area (Å²) in [6, 6.07) is 11.1. The summed E-state index contributed by atoms with van der Waals surface area (Å²) in [5, 5.41) is 11.7. The van der Waals surface area contributed by atoms with Crippen LogP contribution in [0.5, 0.6) is 11.5 Å². The molecule has 2 aromatic carbocycles. The van der Waals surface area contributed by atoms with E-state index in [1.54, 1.807) is 31.4 Å². The second-order valence-corrected chi connectivity index (χ2v) is 6.50. The number of halogens is 1. The Balaban J connectivity index is 2.08. The molecule has 0 radical (unpaired) electrons. The monoisotopic (exact) mass is 372 g/mol. The SMILES string of the molecule is COc1ccc(-c2nc(-c3ccc(F)cc3)c(CC(=O)[O-])s2)cc1OC. The van der Waals surface area contributed by atoms with E-state index in [4.69, 9.17) is 9.47 Å². The lowest BCUT2D eigenvalue weighted by molar-refractivity contribution is -0.304. The Bertz CT molecular complexity index is 937. The second kappa shape index (κ2) is 7.53. The molecule has 7 heteroatoms. The van der Waals surface area contributed by atoms with Crippen molar-refractivity contribution in [2.45, 2.75) is 6.42 Å². The lowest BCUT2D eigenvalue weighted by Gasteiger charge is -2.08. The van der Waals surface area contributed by atoms with Gasteiger partial charge in [-0.25, -0.2) is 9.37 Å². The van der Waals surface area contributed by atoms with E-state index in [1.165, 1.54) is 30.6 Å². The summed E-state index contributed by atoms with van der Waals surface area (Å²) in [6.07, 6.45) is -0.266. The van der Waals surface area contributed by atoms with Gasteiger partial charge in [0.05, 0.1) is 19.9 Å². The van der Waals surface area contributed by atoms with Crippen LogP contribution in [0.3, 0.4) is 0 Å². The van der Waals surface area contributed by atoms with E-state index in [-0.39, 0.29) is 12.2 Å². The molecule has 0 amide bonds. The fourth-order valence-electron chi connectivity index (χ4n) is 2.53. The molecule has 3 aromatic rings. The molecule has 0 saturated carbocycles. The van der Waals surface area contributed by atoms with Gasteiger partial charge in [0.2, 0.25) is 0 Å². The van der Waals surface area contributed by atoms with Gasteiger partial charge in [0, 0.05) is 28.4 Å².